The van der Waals surface area contributed by atoms with Gasteiger partial charge in [-0.1, -0.05) is 0 Å². The van der Waals surface area contributed by atoms with Crippen LogP contribution in [0.1, 0.15) is 14.8 Å². The van der Waals surface area contributed by atoms with E-state index in [1.165, 1.54) is 6.08 Å². The molecular weight excluding hydrogens is 356 g/mol. The normalized spacial score (nSPS) is 22.9. The van der Waals surface area contributed by atoms with Crippen LogP contribution in [0, 0.1) is 0 Å². The van der Waals surface area contributed by atoms with Gasteiger partial charge in [0.25, 0.3) is 0 Å². The van der Waals surface area contributed by atoms with Crippen LogP contribution in [0.4, 0.5) is 7.99 Å². The third-order valence-corrected chi connectivity index (χ3v) is 9.04. The molecule has 0 bridgehead atoms. The van der Waals surface area contributed by atoms with Gasteiger partial charge in [0, 0.05) is 0 Å². The Morgan fingerprint density at radius 1 is 1.14 bits per heavy atom. The van der Waals surface area contributed by atoms with Crippen molar-refractivity contribution in [1.82, 2.24) is 0 Å². The number of allylic oxidation sites excluding steroid dienone is 1. The summed E-state index contributed by atoms with van der Waals surface area (Å²) in [6.45, 7) is 0. The van der Waals surface area contributed by atoms with Crippen LogP contribution in [-0.2, 0) is 20.3 Å². The first-order valence-electron chi connectivity index (χ1n) is 4.43. The Kier molecular flexibility index (Phi) is 2.04. The summed E-state index contributed by atoms with van der Waals surface area (Å²) in [7, 11) is 0. The number of hydrogen-bond acceptors (Lipinski definition) is 0. The van der Waals surface area contributed by atoms with Crippen LogP contribution in [0.15, 0.2) is 30.3 Å². The van der Waals surface area contributed by atoms with Crippen molar-refractivity contribution in [3.63, 3.8) is 0 Å². The predicted molar refractivity (Wildman–Crippen MR) is 47.4 cm³/mol. The average Bonchev–Trinajstić information content (AvgIpc) is 2.44. The van der Waals surface area contributed by atoms with Crippen LogP contribution in [0.2, 0.25) is 4.68 Å². The molecule has 0 nitrogen and oxygen atoms in total. The van der Waals surface area contributed by atoms with E-state index in [0.29, 0.717) is 10.2 Å². The van der Waals surface area contributed by atoms with Crippen molar-refractivity contribution >= 4 is 6.08 Å². The molecule has 0 aliphatic heterocycles. The molecule has 0 radical (unpaired) electrons. The van der Waals surface area contributed by atoms with Gasteiger partial charge in [-0.25, -0.2) is 0 Å². The van der Waals surface area contributed by atoms with Gasteiger partial charge in [0.2, 0.25) is 0 Å². The summed E-state index contributed by atoms with van der Waals surface area (Å²) in [5, 5.41) is 0. The van der Waals surface area contributed by atoms with E-state index < -0.39 is 24.0 Å². The summed E-state index contributed by atoms with van der Waals surface area (Å²) in [5.74, 6) is 0. The zero-order valence-electron chi connectivity index (χ0n) is 7.68. The van der Waals surface area contributed by atoms with Gasteiger partial charge in [0.05, 0.1) is 0 Å². The number of halogens is 3. The summed E-state index contributed by atoms with van der Waals surface area (Å²) in [6.07, 6.45) is 2.89. The van der Waals surface area contributed by atoms with Gasteiger partial charge in [-0.3, -0.25) is 0 Å². The molecule has 0 heterocycles. The quantitative estimate of drug-likeness (QED) is 0.656. The Hall–Kier alpha value is -0.380. The van der Waals surface area contributed by atoms with Crippen molar-refractivity contribution in [1.29, 1.82) is 0 Å². The van der Waals surface area contributed by atoms with E-state index in [1.54, 1.807) is 30.3 Å². The zero-order valence-corrected chi connectivity index (χ0v) is 11.3. The Morgan fingerprint density at radius 2 is 1.79 bits per heavy atom. The molecule has 1 atom stereocenters. The summed E-state index contributed by atoms with van der Waals surface area (Å²) < 4.78 is 39.2. The van der Waals surface area contributed by atoms with Crippen molar-refractivity contribution in [2.24, 2.45) is 0 Å². The van der Waals surface area contributed by atoms with Crippen LogP contribution < -0.4 is 0 Å². The molecule has 0 aromatic heterocycles. The Balaban J connectivity index is 2.51. The molecule has 1 unspecified atom stereocenters. The second-order valence-electron chi connectivity index (χ2n) is 3.86. The fourth-order valence-corrected chi connectivity index (χ4v) is 6.94. The van der Waals surface area contributed by atoms with E-state index >= 15 is 0 Å². The van der Waals surface area contributed by atoms with Gasteiger partial charge in [0.15, 0.2) is 0 Å². The predicted octanol–water partition coefficient (Wildman–Crippen LogP) is 4.15. The third kappa shape index (κ3) is 1.72. The number of rotatable bonds is 1. The molecule has 4 heteroatoms. The fraction of sp³-hybridized carbons (Fsp3) is 0.200. The summed E-state index contributed by atoms with van der Waals surface area (Å²) in [4.78, 5) is 0. The Bertz CT molecular complexity index is 394. The summed E-state index contributed by atoms with van der Waals surface area (Å²) in [5.41, 5.74) is 1.16. The molecule has 0 amide bonds. The molecule has 0 saturated heterocycles. The van der Waals surface area contributed by atoms with Gasteiger partial charge in [-0.05, 0) is 0 Å². The molecule has 1 aliphatic carbocycles. The molecule has 75 valence electrons. The Labute approximate surface area is 84.2 Å². The van der Waals surface area contributed by atoms with Gasteiger partial charge in [-0.2, -0.15) is 0 Å². The van der Waals surface area contributed by atoms with Crippen LogP contribution in [0.25, 0.3) is 6.08 Å². The zero-order chi connectivity index (χ0) is 10.4. The monoisotopic (exact) mass is 367 g/mol. The molecule has 1 aromatic carbocycles. The van der Waals surface area contributed by atoms with Crippen LogP contribution in [0.5, 0.6) is 0 Å². The van der Waals surface area contributed by atoms with Crippen LogP contribution in [0.3, 0.4) is 0 Å². The van der Waals surface area contributed by atoms with E-state index in [1.807, 2.05) is 0 Å². The molecule has 14 heavy (non-hydrogen) atoms. The fourth-order valence-electron chi connectivity index (χ4n) is 1.79. The van der Waals surface area contributed by atoms with E-state index in [9.17, 15) is 7.99 Å². The molecule has 0 fully saturated rings. The molecule has 1 aromatic rings. The van der Waals surface area contributed by atoms with Crippen molar-refractivity contribution < 1.29 is 28.3 Å². The molecular formula is C10H10F3Hf. The maximum atomic E-state index is 13.3. The standard InChI is InChI=1S/C9H7.CH3.3FH.Hf/c1-2-5-9-7-3-6-8(9)4-1;;;;;/h1-7H;1H3;3*1H;/q;;;;;+3/p-3. The SMILES string of the molecule is [CH3][Hf]([F])([F])([F])[CH]1C=Cc2ccccc21. The minimum atomic E-state index is -7.01. The third-order valence-electron chi connectivity index (χ3n) is 2.46. The first-order valence-corrected chi connectivity index (χ1v) is 14.2. The van der Waals surface area contributed by atoms with E-state index in [0.717, 1.165) is 5.56 Å². The maximum absolute atomic E-state index is 13.3. The number of benzene rings is 1. The first-order chi connectivity index (χ1) is 6.35. The molecule has 0 N–H and O–H groups in total. The van der Waals surface area contributed by atoms with Crippen molar-refractivity contribution in [2.45, 2.75) is 8.35 Å². The van der Waals surface area contributed by atoms with Crippen LogP contribution >= 0.6 is 0 Å². The first kappa shape index (κ1) is 10.1. The minimum absolute atomic E-state index is 0.442. The second-order valence-corrected chi connectivity index (χ2v) is 16.1. The van der Waals surface area contributed by atoms with Gasteiger partial charge < -0.3 is 0 Å². The van der Waals surface area contributed by atoms with E-state index in [-0.39, 0.29) is 0 Å². The topological polar surface area (TPSA) is 0 Å². The number of hydrogen-bond donors (Lipinski definition) is 0. The molecule has 1 aliphatic rings. The summed E-state index contributed by atoms with van der Waals surface area (Å²) in [6, 6.07) is 6.74. The van der Waals surface area contributed by atoms with Gasteiger partial charge in [0.1, 0.15) is 0 Å². The average molecular weight is 366 g/mol. The second kappa shape index (κ2) is 2.81. The summed E-state index contributed by atoms with van der Waals surface area (Å²) >= 11 is -7.01. The van der Waals surface area contributed by atoms with Gasteiger partial charge >= 0.3 is 84.2 Å². The van der Waals surface area contributed by atoms with Crippen LogP contribution in [-0.4, -0.2) is 0 Å². The van der Waals surface area contributed by atoms with Gasteiger partial charge in [-0.15, -0.1) is 0 Å². The molecule has 0 saturated carbocycles. The molecule has 2 rings (SSSR count). The van der Waals surface area contributed by atoms with E-state index in [4.69, 9.17) is 0 Å². The van der Waals surface area contributed by atoms with Crippen molar-refractivity contribution in [3.05, 3.63) is 41.5 Å². The molecule has 0 spiro atoms. The Morgan fingerprint density at radius 3 is 2.43 bits per heavy atom. The number of fused-ring (bicyclic) bond motifs is 1. The van der Waals surface area contributed by atoms with E-state index in [2.05, 4.69) is 0 Å². The van der Waals surface area contributed by atoms with Crippen molar-refractivity contribution in [2.75, 3.05) is 0 Å². The van der Waals surface area contributed by atoms with Crippen molar-refractivity contribution in [3.8, 4) is 0 Å².